The van der Waals surface area contributed by atoms with Gasteiger partial charge in [0.2, 0.25) is 5.91 Å². The first-order chi connectivity index (χ1) is 9.69. The van der Waals surface area contributed by atoms with Crippen LogP contribution in [0.3, 0.4) is 0 Å². The quantitative estimate of drug-likeness (QED) is 0.906. The third kappa shape index (κ3) is 4.00. The second-order valence-corrected chi connectivity index (χ2v) is 4.72. The van der Waals surface area contributed by atoms with E-state index in [2.05, 4.69) is 5.32 Å². The summed E-state index contributed by atoms with van der Waals surface area (Å²) in [6.07, 6.45) is 0.303. The van der Waals surface area contributed by atoms with E-state index in [1.54, 1.807) is 12.1 Å². The molecule has 0 aliphatic rings. The maximum atomic E-state index is 12.0. The van der Waals surface area contributed by atoms with Crippen molar-refractivity contribution in [2.45, 2.75) is 13.3 Å². The van der Waals surface area contributed by atoms with E-state index in [1.165, 1.54) is 0 Å². The molecule has 0 atom stereocenters. The molecule has 0 heterocycles. The fourth-order valence-corrected chi connectivity index (χ4v) is 1.96. The number of amides is 1. The molecule has 0 aliphatic heterocycles. The number of hydrogen-bond donors (Lipinski definition) is 1. The van der Waals surface area contributed by atoms with E-state index in [4.69, 9.17) is 16.3 Å². The molecule has 0 aliphatic carbocycles. The maximum absolute atomic E-state index is 12.0. The van der Waals surface area contributed by atoms with E-state index in [1.807, 2.05) is 43.3 Å². The smallest absolute Gasteiger partial charge is 0.228 e. The maximum Gasteiger partial charge on any atom is 0.228 e. The second kappa shape index (κ2) is 6.96. The van der Waals surface area contributed by atoms with Crippen LogP contribution in [0.2, 0.25) is 5.02 Å². The Hall–Kier alpha value is -2.00. The van der Waals surface area contributed by atoms with Crippen LogP contribution in [0.25, 0.3) is 0 Å². The first-order valence-electron chi connectivity index (χ1n) is 6.45. The van der Waals surface area contributed by atoms with Gasteiger partial charge in [-0.05, 0) is 36.8 Å². The molecule has 0 saturated carbocycles. The summed E-state index contributed by atoms with van der Waals surface area (Å²) in [4.78, 5) is 12.0. The molecule has 3 nitrogen and oxygen atoms in total. The fraction of sp³-hybridized carbons (Fsp3) is 0.188. The molecule has 1 amide bonds. The van der Waals surface area contributed by atoms with Crippen molar-refractivity contribution in [1.82, 2.24) is 0 Å². The lowest BCUT2D eigenvalue weighted by molar-refractivity contribution is -0.115. The Bertz CT molecular complexity index is 581. The number of halogens is 1. The molecular formula is C16H16ClNO2. The molecule has 104 valence electrons. The normalized spacial score (nSPS) is 10.1. The van der Waals surface area contributed by atoms with Gasteiger partial charge >= 0.3 is 0 Å². The van der Waals surface area contributed by atoms with Crippen LogP contribution in [-0.4, -0.2) is 12.5 Å². The summed E-state index contributed by atoms with van der Waals surface area (Å²) in [6.45, 7) is 2.47. The van der Waals surface area contributed by atoms with Gasteiger partial charge < -0.3 is 10.1 Å². The van der Waals surface area contributed by atoms with Crippen LogP contribution in [0.1, 0.15) is 12.5 Å². The Balaban J connectivity index is 2.02. The molecule has 0 aromatic heterocycles. The van der Waals surface area contributed by atoms with E-state index < -0.39 is 0 Å². The minimum absolute atomic E-state index is 0.0838. The minimum atomic E-state index is -0.0838. The van der Waals surface area contributed by atoms with Gasteiger partial charge in [-0.2, -0.15) is 0 Å². The predicted octanol–water partition coefficient (Wildman–Crippen LogP) is 3.92. The Labute approximate surface area is 123 Å². The van der Waals surface area contributed by atoms with Crippen LogP contribution >= 0.6 is 11.6 Å². The van der Waals surface area contributed by atoms with Crippen LogP contribution < -0.4 is 10.1 Å². The van der Waals surface area contributed by atoms with E-state index in [-0.39, 0.29) is 5.91 Å². The Morgan fingerprint density at radius 1 is 1.15 bits per heavy atom. The number of benzene rings is 2. The van der Waals surface area contributed by atoms with Gasteiger partial charge in [0.25, 0.3) is 0 Å². The van der Waals surface area contributed by atoms with Crippen LogP contribution in [0.5, 0.6) is 5.75 Å². The molecule has 0 radical (unpaired) electrons. The number of carbonyl (C=O) groups is 1. The van der Waals surface area contributed by atoms with Crippen molar-refractivity contribution in [2.75, 3.05) is 11.9 Å². The summed E-state index contributed by atoms with van der Waals surface area (Å²) < 4.78 is 5.47. The first-order valence-corrected chi connectivity index (χ1v) is 6.83. The second-order valence-electron chi connectivity index (χ2n) is 4.28. The summed E-state index contributed by atoms with van der Waals surface area (Å²) in [6, 6.07) is 14.6. The van der Waals surface area contributed by atoms with Crippen LogP contribution in [-0.2, 0) is 11.2 Å². The third-order valence-corrected chi connectivity index (χ3v) is 2.99. The number of para-hydroxylation sites is 2. The van der Waals surface area contributed by atoms with Gasteiger partial charge in [0, 0.05) is 5.02 Å². The van der Waals surface area contributed by atoms with Crippen molar-refractivity contribution in [3.05, 3.63) is 59.1 Å². The lowest BCUT2D eigenvalue weighted by Gasteiger charge is -2.11. The molecule has 2 aromatic carbocycles. The fourth-order valence-electron chi connectivity index (χ4n) is 1.83. The van der Waals surface area contributed by atoms with Gasteiger partial charge in [-0.1, -0.05) is 35.9 Å². The highest BCUT2D eigenvalue weighted by Gasteiger charge is 2.08. The monoisotopic (exact) mass is 289 g/mol. The van der Waals surface area contributed by atoms with Crippen molar-refractivity contribution >= 4 is 23.2 Å². The summed E-state index contributed by atoms with van der Waals surface area (Å²) in [5, 5.41) is 3.52. The molecule has 0 unspecified atom stereocenters. The van der Waals surface area contributed by atoms with E-state index >= 15 is 0 Å². The van der Waals surface area contributed by atoms with Crippen molar-refractivity contribution in [1.29, 1.82) is 0 Å². The highest BCUT2D eigenvalue weighted by Crippen LogP contribution is 2.23. The zero-order valence-electron chi connectivity index (χ0n) is 11.2. The van der Waals surface area contributed by atoms with Crippen LogP contribution in [0.4, 0.5) is 5.69 Å². The topological polar surface area (TPSA) is 38.3 Å². The average molecular weight is 290 g/mol. The largest absolute Gasteiger partial charge is 0.492 e. The SMILES string of the molecule is CCOc1ccccc1NC(=O)Cc1ccc(Cl)cc1. The van der Waals surface area contributed by atoms with Crippen LogP contribution in [0, 0.1) is 0 Å². The lowest BCUT2D eigenvalue weighted by atomic mass is 10.1. The van der Waals surface area contributed by atoms with Crippen molar-refractivity contribution < 1.29 is 9.53 Å². The summed E-state index contributed by atoms with van der Waals surface area (Å²) in [7, 11) is 0. The highest BCUT2D eigenvalue weighted by molar-refractivity contribution is 6.30. The summed E-state index contributed by atoms with van der Waals surface area (Å²) in [5.41, 5.74) is 1.61. The molecule has 0 bridgehead atoms. The molecule has 0 saturated heterocycles. The highest BCUT2D eigenvalue weighted by atomic mass is 35.5. The number of nitrogens with one attached hydrogen (secondary N) is 1. The third-order valence-electron chi connectivity index (χ3n) is 2.74. The molecule has 2 rings (SSSR count). The Morgan fingerprint density at radius 3 is 2.55 bits per heavy atom. The number of carbonyl (C=O) groups excluding carboxylic acids is 1. The van der Waals surface area contributed by atoms with E-state index in [0.29, 0.717) is 29.5 Å². The first kappa shape index (κ1) is 14.4. The summed E-state index contributed by atoms with van der Waals surface area (Å²) in [5.74, 6) is 0.596. The lowest BCUT2D eigenvalue weighted by Crippen LogP contribution is -2.15. The zero-order chi connectivity index (χ0) is 14.4. The predicted molar refractivity (Wildman–Crippen MR) is 81.4 cm³/mol. The number of hydrogen-bond acceptors (Lipinski definition) is 2. The molecule has 0 fully saturated rings. The van der Waals surface area contributed by atoms with Gasteiger partial charge in [0.15, 0.2) is 0 Å². The van der Waals surface area contributed by atoms with Gasteiger partial charge in [0.05, 0.1) is 18.7 Å². The minimum Gasteiger partial charge on any atom is -0.492 e. The Kier molecular flexibility index (Phi) is 5.02. The van der Waals surface area contributed by atoms with Crippen molar-refractivity contribution in [3.8, 4) is 5.75 Å². The number of ether oxygens (including phenoxy) is 1. The van der Waals surface area contributed by atoms with Crippen molar-refractivity contribution in [2.24, 2.45) is 0 Å². The number of anilines is 1. The molecule has 1 N–H and O–H groups in total. The molecule has 20 heavy (non-hydrogen) atoms. The molecule has 2 aromatic rings. The summed E-state index contributed by atoms with van der Waals surface area (Å²) >= 11 is 5.82. The van der Waals surface area contributed by atoms with E-state index in [9.17, 15) is 4.79 Å². The molecular weight excluding hydrogens is 274 g/mol. The number of rotatable bonds is 5. The molecule has 4 heteroatoms. The van der Waals surface area contributed by atoms with Gasteiger partial charge in [-0.15, -0.1) is 0 Å². The van der Waals surface area contributed by atoms with Gasteiger partial charge in [0.1, 0.15) is 5.75 Å². The van der Waals surface area contributed by atoms with Crippen molar-refractivity contribution in [3.63, 3.8) is 0 Å². The van der Waals surface area contributed by atoms with Gasteiger partial charge in [-0.25, -0.2) is 0 Å². The average Bonchev–Trinajstić information content (AvgIpc) is 2.44. The zero-order valence-corrected chi connectivity index (χ0v) is 12.0. The Morgan fingerprint density at radius 2 is 1.85 bits per heavy atom. The van der Waals surface area contributed by atoms with Crippen LogP contribution in [0.15, 0.2) is 48.5 Å². The molecule has 0 spiro atoms. The van der Waals surface area contributed by atoms with E-state index in [0.717, 1.165) is 5.56 Å². The van der Waals surface area contributed by atoms with Gasteiger partial charge in [-0.3, -0.25) is 4.79 Å². The standard InChI is InChI=1S/C16H16ClNO2/c1-2-20-15-6-4-3-5-14(15)18-16(19)11-12-7-9-13(17)10-8-12/h3-10H,2,11H2,1H3,(H,18,19).